The molecule has 0 aliphatic heterocycles. The highest BCUT2D eigenvalue weighted by molar-refractivity contribution is 5.33. The van der Waals surface area contributed by atoms with Crippen molar-refractivity contribution in [1.29, 1.82) is 0 Å². The molecule has 2 atom stereocenters. The molecule has 0 radical (unpaired) electrons. The standard InChI is InChI=1S/C10H13NO4/c1-7(12)6-10(13)8-2-4-9(5-3-8)11(14)15/h2-5,7,10,12-13H,6H2,1H3. The number of nitro groups is 1. The molecule has 2 unspecified atom stereocenters. The minimum atomic E-state index is -0.786. The summed E-state index contributed by atoms with van der Waals surface area (Å²) in [5.41, 5.74) is 0.560. The summed E-state index contributed by atoms with van der Waals surface area (Å²) >= 11 is 0. The van der Waals surface area contributed by atoms with Gasteiger partial charge in [0.15, 0.2) is 0 Å². The third-order valence-electron chi connectivity index (χ3n) is 2.05. The lowest BCUT2D eigenvalue weighted by Gasteiger charge is -2.12. The van der Waals surface area contributed by atoms with Crippen molar-refractivity contribution in [2.45, 2.75) is 25.6 Å². The lowest BCUT2D eigenvalue weighted by Crippen LogP contribution is -2.07. The Kier molecular flexibility index (Phi) is 3.76. The molecule has 5 nitrogen and oxygen atoms in total. The van der Waals surface area contributed by atoms with Crippen LogP contribution < -0.4 is 0 Å². The first-order valence-electron chi connectivity index (χ1n) is 4.61. The molecular formula is C10H13NO4. The van der Waals surface area contributed by atoms with Gasteiger partial charge in [0.05, 0.1) is 17.1 Å². The van der Waals surface area contributed by atoms with E-state index in [0.29, 0.717) is 5.56 Å². The molecule has 0 aliphatic rings. The number of aliphatic hydroxyl groups is 2. The quantitative estimate of drug-likeness (QED) is 0.582. The van der Waals surface area contributed by atoms with Crippen molar-refractivity contribution in [2.24, 2.45) is 0 Å². The number of nitrogens with zero attached hydrogens (tertiary/aromatic N) is 1. The minimum absolute atomic E-state index is 0.0111. The van der Waals surface area contributed by atoms with Gasteiger partial charge in [0.25, 0.3) is 5.69 Å². The Labute approximate surface area is 87.1 Å². The summed E-state index contributed by atoms with van der Waals surface area (Å²) in [4.78, 5) is 9.87. The fourth-order valence-corrected chi connectivity index (χ4v) is 1.28. The van der Waals surface area contributed by atoms with Crippen molar-refractivity contribution < 1.29 is 15.1 Å². The summed E-state index contributed by atoms with van der Waals surface area (Å²) in [5, 5.41) is 29.0. The normalized spacial score (nSPS) is 14.6. The van der Waals surface area contributed by atoms with Crippen LogP contribution in [0.25, 0.3) is 0 Å². The first-order chi connectivity index (χ1) is 7.00. The maximum absolute atomic E-state index is 10.4. The van der Waals surface area contributed by atoms with Crippen LogP contribution in [0.5, 0.6) is 0 Å². The van der Waals surface area contributed by atoms with Gasteiger partial charge in [-0.15, -0.1) is 0 Å². The Morgan fingerprint density at radius 2 is 1.87 bits per heavy atom. The Bertz CT molecular complexity index is 334. The number of non-ortho nitro benzene ring substituents is 1. The molecule has 5 heteroatoms. The van der Waals surface area contributed by atoms with Crippen LogP contribution in [0.1, 0.15) is 25.0 Å². The molecule has 1 aromatic carbocycles. The van der Waals surface area contributed by atoms with E-state index in [0.717, 1.165) is 0 Å². The number of rotatable bonds is 4. The van der Waals surface area contributed by atoms with Gasteiger partial charge in [0, 0.05) is 18.6 Å². The summed E-state index contributed by atoms with van der Waals surface area (Å²) in [6, 6.07) is 5.65. The van der Waals surface area contributed by atoms with E-state index in [1.807, 2.05) is 0 Å². The summed E-state index contributed by atoms with van der Waals surface area (Å²) in [6.07, 6.45) is -1.17. The topological polar surface area (TPSA) is 83.6 Å². The zero-order chi connectivity index (χ0) is 11.4. The van der Waals surface area contributed by atoms with Crippen molar-refractivity contribution in [1.82, 2.24) is 0 Å². The molecule has 0 aromatic heterocycles. The molecule has 0 saturated heterocycles. The summed E-state index contributed by atoms with van der Waals surface area (Å²) < 4.78 is 0. The number of aliphatic hydroxyl groups excluding tert-OH is 2. The van der Waals surface area contributed by atoms with Crippen LogP contribution in [0.2, 0.25) is 0 Å². The van der Waals surface area contributed by atoms with E-state index in [1.54, 1.807) is 6.92 Å². The van der Waals surface area contributed by atoms with Gasteiger partial charge in [-0.25, -0.2) is 0 Å². The fourth-order valence-electron chi connectivity index (χ4n) is 1.28. The summed E-state index contributed by atoms with van der Waals surface area (Å²) in [7, 11) is 0. The largest absolute Gasteiger partial charge is 0.393 e. The average Bonchev–Trinajstić information content (AvgIpc) is 2.17. The van der Waals surface area contributed by atoms with E-state index in [4.69, 9.17) is 5.11 Å². The monoisotopic (exact) mass is 211 g/mol. The second-order valence-electron chi connectivity index (χ2n) is 3.45. The molecule has 0 amide bonds. The number of benzene rings is 1. The highest BCUT2D eigenvalue weighted by Gasteiger charge is 2.12. The van der Waals surface area contributed by atoms with Gasteiger partial charge in [-0.1, -0.05) is 0 Å². The molecule has 1 rings (SSSR count). The summed E-state index contributed by atoms with van der Waals surface area (Å²) in [6.45, 7) is 1.58. The maximum atomic E-state index is 10.4. The van der Waals surface area contributed by atoms with Gasteiger partial charge in [-0.05, 0) is 24.6 Å². The van der Waals surface area contributed by atoms with E-state index >= 15 is 0 Å². The Hall–Kier alpha value is -1.46. The van der Waals surface area contributed by atoms with Gasteiger partial charge in [-0.3, -0.25) is 10.1 Å². The molecule has 2 N–H and O–H groups in total. The summed E-state index contributed by atoms with van der Waals surface area (Å²) in [5.74, 6) is 0. The van der Waals surface area contributed by atoms with Gasteiger partial charge < -0.3 is 10.2 Å². The van der Waals surface area contributed by atoms with E-state index in [-0.39, 0.29) is 12.1 Å². The lowest BCUT2D eigenvalue weighted by molar-refractivity contribution is -0.384. The van der Waals surface area contributed by atoms with Crippen molar-refractivity contribution in [2.75, 3.05) is 0 Å². The predicted molar refractivity (Wildman–Crippen MR) is 54.4 cm³/mol. The third kappa shape index (κ3) is 3.30. The SMILES string of the molecule is CC(O)CC(O)c1ccc([N+](=O)[O-])cc1. The van der Waals surface area contributed by atoms with Crippen LogP contribution in [0, 0.1) is 10.1 Å². The van der Waals surface area contributed by atoms with E-state index in [2.05, 4.69) is 0 Å². The molecule has 0 heterocycles. The van der Waals surface area contributed by atoms with Crippen LogP contribution in [-0.4, -0.2) is 21.2 Å². The van der Waals surface area contributed by atoms with E-state index in [9.17, 15) is 15.2 Å². The molecule has 0 bridgehead atoms. The second-order valence-corrected chi connectivity index (χ2v) is 3.45. The average molecular weight is 211 g/mol. The zero-order valence-corrected chi connectivity index (χ0v) is 8.33. The van der Waals surface area contributed by atoms with Crippen LogP contribution in [0.4, 0.5) is 5.69 Å². The Balaban J connectivity index is 2.75. The zero-order valence-electron chi connectivity index (χ0n) is 8.33. The molecule has 0 saturated carbocycles. The second kappa shape index (κ2) is 4.86. The van der Waals surface area contributed by atoms with Gasteiger partial charge in [-0.2, -0.15) is 0 Å². The lowest BCUT2D eigenvalue weighted by atomic mass is 10.0. The van der Waals surface area contributed by atoms with Crippen LogP contribution in [0.15, 0.2) is 24.3 Å². The Morgan fingerprint density at radius 1 is 1.33 bits per heavy atom. The Morgan fingerprint density at radius 3 is 2.27 bits per heavy atom. The van der Waals surface area contributed by atoms with Crippen molar-refractivity contribution >= 4 is 5.69 Å². The van der Waals surface area contributed by atoms with Crippen LogP contribution >= 0.6 is 0 Å². The van der Waals surface area contributed by atoms with E-state index < -0.39 is 17.1 Å². The van der Waals surface area contributed by atoms with Crippen LogP contribution in [0.3, 0.4) is 0 Å². The van der Waals surface area contributed by atoms with Crippen molar-refractivity contribution in [3.8, 4) is 0 Å². The highest BCUT2D eigenvalue weighted by Crippen LogP contribution is 2.21. The third-order valence-corrected chi connectivity index (χ3v) is 2.05. The molecule has 0 spiro atoms. The predicted octanol–water partition coefficient (Wildman–Crippen LogP) is 1.40. The van der Waals surface area contributed by atoms with E-state index in [1.165, 1.54) is 24.3 Å². The smallest absolute Gasteiger partial charge is 0.269 e. The molecule has 15 heavy (non-hydrogen) atoms. The van der Waals surface area contributed by atoms with Crippen LogP contribution in [-0.2, 0) is 0 Å². The number of hydrogen-bond acceptors (Lipinski definition) is 4. The first-order valence-corrected chi connectivity index (χ1v) is 4.61. The highest BCUT2D eigenvalue weighted by atomic mass is 16.6. The molecule has 0 fully saturated rings. The first kappa shape index (κ1) is 11.6. The molecule has 1 aromatic rings. The van der Waals surface area contributed by atoms with Crippen molar-refractivity contribution in [3.63, 3.8) is 0 Å². The number of hydrogen-bond donors (Lipinski definition) is 2. The fraction of sp³-hybridized carbons (Fsp3) is 0.400. The van der Waals surface area contributed by atoms with Gasteiger partial charge in [0.1, 0.15) is 0 Å². The van der Waals surface area contributed by atoms with Crippen molar-refractivity contribution in [3.05, 3.63) is 39.9 Å². The molecule has 82 valence electrons. The molecular weight excluding hydrogens is 198 g/mol. The van der Waals surface area contributed by atoms with Gasteiger partial charge >= 0.3 is 0 Å². The van der Waals surface area contributed by atoms with Gasteiger partial charge in [0.2, 0.25) is 0 Å². The maximum Gasteiger partial charge on any atom is 0.269 e. The molecule has 0 aliphatic carbocycles. The minimum Gasteiger partial charge on any atom is -0.393 e. The number of nitro benzene ring substituents is 1.